The second kappa shape index (κ2) is 9.88. The van der Waals surface area contributed by atoms with Crippen LogP contribution in [0.15, 0.2) is 54.6 Å². The highest BCUT2D eigenvalue weighted by Gasteiger charge is 2.26. The molecule has 0 heterocycles. The molecule has 3 N–H and O–H groups in total. The van der Waals surface area contributed by atoms with E-state index in [-0.39, 0.29) is 18.7 Å². The van der Waals surface area contributed by atoms with Crippen molar-refractivity contribution in [3.63, 3.8) is 0 Å². The number of carboxylic acid groups (broad SMARTS) is 1. The summed E-state index contributed by atoms with van der Waals surface area (Å²) >= 11 is 0. The number of carboxylic acids is 1. The highest BCUT2D eigenvalue weighted by molar-refractivity contribution is 5.90. The fourth-order valence-corrected chi connectivity index (χ4v) is 2.78. The van der Waals surface area contributed by atoms with Crippen molar-refractivity contribution in [2.75, 3.05) is 0 Å². The molecule has 0 saturated heterocycles. The molecular weight excluding hydrogens is 358 g/mol. The fraction of sp³-hybridized carbons (Fsp3) is 0.238. The molecule has 7 nitrogen and oxygen atoms in total. The van der Waals surface area contributed by atoms with Crippen molar-refractivity contribution >= 4 is 17.8 Å². The molecule has 2 atom stereocenters. The van der Waals surface area contributed by atoms with Gasteiger partial charge in [-0.15, -0.1) is 0 Å². The van der Waals surface area contributed by atoms with E-state index in [1.165, 1.54) is 6.92 Å². The first-order chi connectivity index (χ1) is 13.4. The van der Waals surface area contributed by atoms with Crippen molar-refractivity contribution in [1.29, 1.82) is 5.26 Å². The van der Waals surface area contributed by atoms with Crippen LogP contribution < -0.4 is 10.6 Å². The topological polar surface area (TPSA) is 119 Å². The van der Waals surface area contributed by atoms with Crippen LogP contribution in [0.1, 0.15) is 23.6 Å². The third-order valence-corrected chi connectivity index (χ3v) is 4.09. The summed E-state index contributed by atoms with van der Waals surface area (Å²) in [6, 6.07) is 15.6. The monoisotopic (exact) mass is 379 g/mol. The van der Waals surface area contributed by atoms with E-state index in [0.29, 0.717) is 11.1 Å². The van der Waals surface area contributed by atoms with Gasteiger partial charge in [0, 0.05) is 19.8 Å². The number of nitriles is 1. The number of carbonyl (C=O) groups is 3. The average Bonchev–Trinajstić information content (AvgIpc) is 2.67. The largest absolute Gasteiger partial charge is 0.480 e. The smallest absolute Gasteiger partial charge is 0.326 e. The van der Waals surface area contributed by atoms with Crippen molar-refractivity contribution in [3.05, 3.63) is 71.3 Å². The zero-order chi connectivity index (χ0) is 20.5. The van der Waals surface area contributed by atoms with Crippen molar-refractivity contribution in [2.24, 2.45) is 0 Å². The highest BCUT2D eigenvalue weighted by atomic mass is 16.4. The number of hydrogen-bond donors (Lipinski definition) is 3. The molecule has 2 aromatic rings. The number of aliphatic carboxylic acids is 1. The summed E-state index contributed by atoms with van der Waals surface area (Å²) in [5, 5.41) is 23.5. The molecule has 2 rings (SSSR count). The van der Waals surface area contributed by atoms with Crippen LogP contribution in [0.25, 0.3) is 0 Å². The van der Waals surface area contributed by atoms with Crippen LogP contribution in [0.4, 0.5) is 0 Å². The predicted molar refractivity (Wildman–Crippen MR) is 102 cm³/mol. The minimum Gasteiger partial charge on any atom is -0.480 e. The molecule has 0 aliphatic carbocycles. The van der Waals surface area contributed by atoms with E-state index in [1.54, 1.807) is 24.3 Å². The predicted octanol–water partition coefficient (Wildman–Crippen LogP) is 1.42. The number of carbonyl (C=O) groups excluding carboxylic acids is 2. The molecule has 0 spiro atoms. The van der Waals surface area contributed by atoms with Crippen molar-refractivity contribution in [2.45, 2.75) is 31.8 Å². The molecule has 0 aliphatic rings. The maximum Gasteiger partial charge on any atom is 0.326 e. The number of nitrogens with zero attached hydrogens (tertiary/aromatic N) is 1. The van der Waals surface area contributed by atoms with E-state index in [0.717, 1.165) is 5.56 Å². The second-order valence-electron chi connectivity index (χ2n) is 6.36. The van der Waals surface area contributed by atoms with Crippen LogP contribution >= 0.6 is 0 Å². The minimum absolute atomic E-state index is 0.0225. The van der Waals surface area contributed by atoms with E-state index < -0.39 is 24.0 Å². The van der Waals surface area contributed by atoms with Crippen LogP contribution in [0, 0.1) is 11.3 Å². The Bertz CT molecular complexity index is 890. The number of hydrogen-bond acceptors (Lipinski definition) is 4. The van der Waals surface area contributed by atoms with Gasteiger partial charge in [0.1, 0.15) is 12.1 Å². The Hall–Kier alpha value is -3.66. The molecule has 28 heavy (non-hydrogen) atoms. The summed E-state index contributed by atoms with van der Waals surface area (Å²) in [5.41, 5.74) is 1.86. The van der Waals surface area contributed by atoms with Crippen molar-refractivity contribution in [1.82, 2.24) is 10.6 Å². The molecule has 0 aliphatic heterocycles. The lowest BCUT2D eigenvalue weighted by atomic mass is 10.0. The molecule has 0 saturated carbocycles. The van der Waals surface area contributed by atoms with Crippen LogP contribution in [-0.2, 0) is 27.2 Å². The summed E-state index contributed by atoms with van der Waals surface area (Å²) in [6.07, 6.45) is 0.261. The van der Waals surface area contributed by atoms with Gasteiger partial charge in [0.25, 0.3) is 0 Å². The Morgan fingerprint density at radius 3 is 2.21 bits per heavy atom. The lowest BCUT2D eigenvalue weighted by molar-refractivity contribution is -0.142. The normalized spacial score (nSPS) is 12.3. The Morgan fingerprint density at radius 2 is 1.61 bits per heavy atom. The number of benzene rings is 2. The third kappa shape index (κ3) is 6.25. The van der Waals surface area contributed by atoms with Gasteiger partial charge in [-0.25, -0.2) is 4.79 Å². The number of nitrogens with one attached hydrogen (secondary N) is 2. The van der Waals surface area contributed by atoms with Gasteiger partial charge in [-0.3, -0.25) is 9.59 Å². The van der Waals surface area contributed by atoms with Crippen LogP contribution in [0.2, 0.25) is 0 Å². The quantitative estimate of drug-likeness (QED) is 0.641. The van der Waals surface area contributed by atoms with Gasteiger partial charge in [0.05, 0.1) is 11.6 Å². The third-order valence-electron chi connectivity index (χ3n) is 4.09. The lowest BCUT2D eigenvalue weighted by Gasteiger charge is -2.21. The number of amides is 2. The first kappa shape index (κ1) is 20.6. The Morgan fingerprint density at radius 1 is 0.964 bits per heavy atom. The molecule has 0 aromatic heterocycles. The van der Waals surface area contributed by atoms with Gasteiger partial charge in [-0.2, -0.15) is 5.26 Å². The Kier molecular flexibility index (Phi) is 7.28. The Balaban J connectivity index is 2.13. The van der Waals surface area contributed by atoms with Gasteiger partial charge < -0.3 is 15.7 Å². The lowest BCUT2D eigenvalue weighted by Crippen LogP contribution is -2.52. The minimum atomic E-state index is -1.20. The molecule has 0 fully saturated rings. The van der Waals surface area contributed by atoms with E-state index in [4.69, 9.17) is 5.26 Å². The summed E-state index contributed by atoms with van der Waals surface area (Å²) < 4.78 is 0. The van der Waals surface area contributed by atoms with Crippen molar-refractivity contribution < 1.29 is 19.5 Å². The maximum atomic E-state index is 12.7. The number of rotatable bonds is 8. The second-order valence-corrected chi connectivity index (χ2v) is 6.36. The van der Waals surface area contributed by atoms with E-state index in [1.807, 2.05) is 36.4 Å². The molecule has 0 bridgehead atoms. The van der Waals surface area contributed by atoms with E-state index >= 15 is 0 Å². The molecule has 0 radical (unpaired) electrons. The zero-order valence-corrected chi connectivity index (χ0v) is 15.4. The standard InChI is InChI=1S/C21H21N3O4/c1-14(25)23-18(11-15-6-3-2-4-7-15)20(26)24-19(21(27)28)12-16-8-5-9-17(10-16)13-22/h2-10,18-19H,11-12H2,1H3,(H,23,25)(H,24,26)(H,27,28)/t18-,19-/m1/s1. The summed E-state index contributed by atoms with van der Waals surface area (Å²) in [5.74, 6) is -2.16. The molecule has 2 amide bonds. The average molecular weight is 379 g/mol. The van der Waals surface area contributed by atoms with E-state index in [2.05, 4.69) is 10.6 Å². The SMILES string of the molecule is CC(=O)N[C@H](Cc1ccccc1)C(=O)N[C@H](Cc1cccc(C#N)c1)C(=O)O. The first-order valence-corrected chi connectivity index (χ1v) is 8.72. The zero-order valence-electron chi connectivity index (χ0n) is 15.4. The maximum absolute atomic E-state index is 12.7. The fourth-order valence-electron chi connectivity index (χ4n) is 2.78. The summed E-state index contributed by atoms with van der Waals surface area (Å²) in [6.45, 7) is 1.30. The molecule has 144 valence electrons. The molecule has 7 heteroatoms. The van der Waals surface area contributed by atoms with Gasteiger partial charge >= 0.3 is 5.97 Å². The van der Waals surface area contributed by atoms with E-state index in [9.17, 15) is 19.5 Å². The molecular formula is C21H21N3O4. The van der Waals surface area contributed by atoms with Crippen LogP contribution in [0.3, 0.4) is 0 Å². The molecule has 0 unspecified atom stereocenters. The van der Waals surface area contributed by atoms with Gasteiger partial charge in [-0.05, 0) is 23.3 Å². The van der Waals surface area contributed by atoms with Crippen LogP contribution in [-0.4, -0.2) is 35.0 Å². The van der Waals surface area contributed by atoms with Gasteiger partial charge in [-0.1, -0.05) is 42.5 Å². The van der Waals surface area contributed by atoms with Crippen molar-refractivity contribution in [3.8, 4) is 6.07 Å². The summed E-state index contributed by atoms with van der Waals surface area (Å²) in [7, 11) is 0. The van der Waals surface area contributed by atoms with Gasteiger partial charge in [0.15, 0.2) is 0 Å². The highest BCUT2D eigenvalue weighted by Crippen LogP contribution is 2.09. The first-order valence-electron chi connectivity index (χ1n) is 8.72. The Labute approximate surface area is 163 Å². The molecule has 2 aromatic carbocycles. The van der Waals surface area contributed by atoms with Crippen LogP contribution in [0.5, 0.6) is 0 Å². The van der Waals surface area contributed by atoms with Gasteiger partial charge in [0.2, 0.25) is 11.8 Å². The summed E-state index contributed by atoms with van der Waals surface area (Å²) in [4.78, 5) is 35.8.